The summed E-state index contributed by atoms with van der Waals surface area (Å²) in [4.78, 5) is 17.1. The summed E-state index contributed by atoms with van der Waals surface area (Å²) in [5, 5.41) is 2.78. The fourth-order valence-corrected chi connectivity index (χ4v) is 2.69. The summed E-state index contributed by atoms with van der Waals surface area (Å²) < 4.78 is 24.2. The Morgan fingerprint density at radius 3 is 2.52 bits per heavy atom. The number of aromatic nitrogens is 1. The Morgan fingerprint density at radius 1 is 1.14 bits per heavy atom. The molecule has 0 fully saturated rings. The largest absolute Gasteiger partial charge is 0.486 e. The Hall–Kier alpha value is -3.67. The van der Waals surface area contributed by atoms with Gasteiger partial charge in [0.1, 0.15) is 12.4 Å². The number of carbonyl (C=O) groups excluding carboxylic acids is 1. The second-order valence-electron chi connectivity index (χ2n) is 6.22. The van der Waals surface area contributed by atoms with Gasteiger partial charge in [0.05, 0.1) is 7.11 Å². The lowest BCUT2D eigenvalue weighted by Gasteiger charge is -2.15. The second-order valence-corrected chi connectivity index (χ2v) is 6.22. The van der Waals surface area contributed by atoms with Gasteiger partial charge in [0.2, 0.25) is 5.88 Å². The van der Waals surface area contributed by atoms with E-state index in [-0.39, 0.29) is 30.5 Å². The third-order valence-electron chi connectivity index (χ3n) is 4.21. The molecule has 1 amide bonds. The van der Waals surface area contributed by atoms with E-state index in [1.165, 1.54) is 19.2 Å². The van der Waals surface area contributed by atoms with Crippen LogP contribution in [-0.4, -0.2) is 18.0 Å². The zero-order valence-electron chi connectivity index (χ0n) is 16.0. The van der Waals surface area contributed by atoms with E-state index < -0.39 is 5.91 Å². The van der Waals surface area contributed by atoms with Crippen molar-refractivity contribution in [3.8, 4) is 11.6 Å². The number of pyridine rings is 1. The summed E-state index contributed by atoms with van der Waals surface area (Å²) in [6.07, 6.45) is 1.58. The molecule has 0 bridgehead atoms. The van der Waals surface area contributed by atoms with Crippen molar-refractivity contribution in [1.29, 1.82) is 0 Å². The number of hydrogen-bond donors (Lipinski definition) is 1. The molecular formula is C23H21FN2O3. The molecule has 5 nitrogen and oxygen atoms in total. The molecule has 0 saturated heterocycles. The van der Waals surface area contributed by atoms with Crippen molar-refractivity contribution in [2.75, 3.05) is 7.11 Å². The molecule has 0 aliphatic carbocycles. The zero-order valence-corrected chi connectivity index (χ0v) is 16.0. The van der Waals surface area contributed by atoms with E-state index in [0.717, 1.165) is 11.1 Å². The summed E-state index contributed by atoms with van der Waals surface area (Å²) >= 11 is 0. The molecule has 0 aliphatic heterocycles. The predicted octanol–water partition coefficient (Wildman–Crippen LogP) is 4.38. The lowest BCUT2D eigenvalue weighted by atomic mass is 10.1. The van der Waals surface area contributed by atoms with Crippen molar-refractivity contribution in [2.45, 2.75) is 13.2 Å². The van der Waals surface area contributed by atoms with Gasteiger partial charge < -0.3 is 14.8 Å². The Kier molecular flexibility index (Phi) is 6.58. The van der Waals surface area contributed by atoms with Crippen LogP contribution >= 0.6 is 0 Å². The molecular weight excluding hydrogens is 371 g/mol. The Balaban J connectivity index is 1.84. The van der Waals surface area contributed by atoms with Gasteiger partial charge in [-0.2, -0.15) is 0 Å². The summed E-state index contributed by atoms with van der Waals surface area (Å²) in [6, 6.07) is 17.2. The van der Waals surface area contributed by atoms with Crippen molar-refractivity contribution < 1.29 is 18.7 Å². The van der Waals surface area contributed by atoms with Crippen molar-refractivity contribution in [1.82, 2.24) is 10.3 Å². The van der Waals surface area contributed by atoms with Gasteiger partial charge in [-0.15, -0.1) is 0 Å². The van der Waals surface area contributed by atoms with Crippen LogP contribution in [0.3, 0.4) is 0 Å². The monoisotopic (exact) mass is 392 g/mol. The molecule has 0 saturated carbocycles. The molecule has 3 rings (SSSR count). The van der Waals surface area contributed by atoms with Crippen molar-refractivity contribution in [3.05, 3.63) is 95.4 Å². The van der Waals surface area contributed by atoms with Gasteiger partial charge in [0.15, 0.2) is 11.4 Å². The maximum Gasteiger partial charge on any atom is 0.274 e. The van der Waals surface area contributed by atoms with Gasteiger partial charge in [-0.1, -0.05) is 55.1 Å². The van der Waals surface area contributed by atoms with Crippen LogP contribution < -0.4 is 14.8 Å². The van der Waals surface area contributed by atoms with E-state index >= 15 is 0 Å². The first-order valence-corrected chi connectivity index (χ1v) is 9.01. The maximum atomic E-state index is 13.1. The van der Waals surface area contributed by atoms with E-state index in [1.54, 1.807) is 24.3 Å². The fraction of sp³-hybridized carbons (Fsp3) is 0.130. The van der Waals surface area contributed by atoms with Crippen LogP contribution in [0.25, 0.3) is 6.08 Å². The van der Waals surface area contributed by atoms with Crippen LogP contribution in [0.15, 0.2) is 67.2 Å². The molecule has 0 aliphatic rings. The summed E-state index contributed by atoms with van der Waals surface area (Å²) in [6.45, 7) is 4.29. The van der Waals surface area contributed by atoms with Crippen molar-refractivity contribution in [2.24, 2.45) is 0 Å². The molecule has 2 aromatic carbocycles. The quantitative estimate of drug-likeness (QED) is 0.618. The lowest BCUT2D eigenvalue weighted by Crippen LogP contribution is -2.25. The minimum absolute atomic E-state index is 0.0947. The zero-order chi connectivity index (χ0) is 20.6. The maximum absolute atomic E-state index is 13.1. The smallest absolute Gasteiger partial charge is 0.274 e. The molecule has 3 aromatic rings. The average Bonchev–Trinajstić information content (AvgIpc) is 2.77. The molecule has 0 radical (unpaired) electrons. The number of nitrogens with zero attached hydrogens (tertiary/aromatic N) is 1. The molecule has 6 heteroatoms. The van der Waals surface area contributed by atoms with Crippen LogP contribution in [0.4, 0.5) is 4.39 Å². The number of rotatable bonds is 8. The highest BCUT2D eigenvalue weighted by molar-refractivity contribution is 5.96. The molecule has 0 spiro atoms. The second kappa shape index (κ2) is 9.50. The average molecular weight is 392 g/mol. The SMILES string of the molecule is C=Cc1cc(OC)nc(C(=O)NCc2ccc(F)cc2)c1OCc1ccccc1. The van der Waals surface area contributed by atoms with Gasteiger partial charge in [0, 0.05) is 18.2 Å². The van der Waals surface area contributed by atoms with Gasteiger partial charge in [-0.25, -0.2) is 9.37 Å². The normalized spacial score (nSPS) is 10.3. The minimum atomic E-state index is -0.431. The van der Waals surface area contributed by atoms with Crippen LogP contribution in [0.2, 0.25) is 0 Å². The molecule has 1 N–H and O–H groups in total. The van der Waals surface area contributed by atoms with Crippen molar-refractivity contribution >= 4 is 12.0 Å². The highest BCUT2D eigenvalue weighted by Crippen LogP contribution is 2.28. The van der Waals surface area contributed by atoms with Gasteiger partial charge in [-0.05, 0) is 23.3 Å². The van der Waals surface area contributed by atoms with Crippen LogP contribution in [0, 0.1) is 5.82 Å². The summed E-state index contributed by atoms with van der Waals surface area (Å²) in [5.41, 5.74) is 2.41. The Labute approximate surface area is 168 Å². The standard InChI is InChI=1S/C23H21FN2O3/c1-3-18-13-20(28-2)26-21(22(18)29-15-17-7-5-4-6-8-17)23(27)25-14-16-9-11-19(24)12-10-16/h3-13H,1,14-15H2,2H3,(H,25,27). The Morgan fingerprint density at radius 2 is 1.86 bits per heavy atom. The first-order valence-electron chi connectivity index (χ1n) is 9.01. The summed E-state index contributed by atoms with van der Waals surface area (Å²) in [7, 11) is 1.47. The number of amides is 1. The third-order valence-corrected chi connectivity index (χ3v) is 4.21. The number of benzene rings is 2. The van der Waals surface area contributed by atoms with E-state index in [4.69, 9.17) is 9.47 Å². The van der Waals surface area contributed by atoms with E-state index in [1.807, 2.05) is 30.3 Å². The fourth-order valence-electron chi connectivity index (χ4n) is 2.69. The first kappa shape index (κ1) is 20.1. The highest BCUT2D eigenvalue weighted by Gasteiger charge is 2.20. The van der Waals surface area contributed by atoms with E-state index in [2.05, 4.69) is 16.9 Å². The summed E-state index contributed by atoms with van der Waals surface area (Å²) in [5.74, 6) is -0.165. The number of nitrogens with one attached hydrogen (secondary N) is 1. The molecule has 148 valence electrons. The van der Waals surface area contributed by atoms with Crippen molar-refractivity contribution in [3.63, 3.8) is 0 Å². The molecule has 0 unspecified atom stereocenters. The molecule has 29 heavy (non-hydrogen) atoms. The lowest BCUT2D eigenvalue weighted by molar-refractivity contribution is 0.0939. The van der Waals surface area contributed by atoms with Crippen LogP contribution in [0.1, 0.15) is 27.2 Å². The number of carbonyl (C=O) groups is 1. The molecule has 1 heterocycles. The van der Waals surface area contributed by atoms with E-state index in [0.29, 0.717) is 11.3 Å². The number of halogens is 1. The number of methoxy groups -OCH3 is 1. The first-order chi connectivity index (χ1) is 14.1. The topological polar surface area (TPSA) is 60.5 Å². The third kappa shape index (κ3) is 5.19. The Bertz CT molecular complexity index is 989. The highest BCUT2D eigenvalue weighted by atomic mass is 19.1. The molecule has 0 atom stereocenters. The van der Waals surface area contributed by atoms with Crippen LogP contribution in [-0.2, 0) is 13.2 Å². The van der Waals surface area contributed by atoms with Gasteiger partial charge >= 0.3 is 0 Å². The minimum Gasteiger partial charge on any atom is -0.486 e. The number of ether oxygens (including phenoxy) is 2. The predicted molar refractivity (Wildman–Crippen MR) is 109 cm³/mol. The van der Waals surface area contributed by atoms with Crippen LogP contribution in [0.5, 0.6) is 11.6 Å². The van der Waals surface area contributed by atoms with Gasteiger partial charge in [0.25, 0.3) is 5.91 Å². The van der Waals surface area contributed by atoms with E-state index in [9.17, 15) is 9.18 Å². The number of hydrogen-bond acceptors (Lipinski definition) is 4. The van der Waals surface area contributed by atoms with Gasteiger partial charge in [-0.3, -0.25) is 4.79 Å². The molecule has 1 aromatic heterocycles.